The van der Waals surface area contributed by atoms with Gasteiger partial charge in [0, 0.05) is 17.8 Å². The summed E-state index contributed by atoms with van der Waals surface area (Å²) in [4.78, 5) is 11.2. The monoisotopic (exact) mass is 318 g/mol. The lowest BCUT2D eigenvalue weighted by molar-refractivity contribution is -0.116. The normalized spacial score (nSPS) is 15.0. The molecule has 7 heteroatoms. The number of aryl methyl sites for hydroxylation is 1. The number of amides is 1. The summed E-state index contributed by atoms with van der Waals surface area (Å²) in [6, 6.07) is 5.08. The maximum atomic E-state index is 11.4. The van der Waals surface area contributed by atoms with Crippen LogP contribution in [-0.4, -0.2) is 19.0 Å². The van der Waals surface area contributed by atoms with Crippen LogP contribution in [0.3, 0.4) is 0 Å². The second-order valence-corrected chi connectivity index (χ2v) is 6.77. The Labute approximate surface area is 108 Å². The molecule has 0 saturated heterocycles. The first-order valence-electron chi connectivity index (χ1n) is 4.99. The van der Waals surface area contributed by atoms with Gasteiger partial charge in [0.2, 0.25) is 15.9 Å². The Morgan fingerprint density at radius 2 is 2.12 bits per heavy atom. The van der Waals surface area contributed by atoms with E-state index in [9.17, 15) is 13.2 Å². The zero-order valence-corrected chi connectivity index (χ0v) is 11.3. The molecule has 0 saturated carbocycles. The lowest BCUT2D eigenvalue weighted by atomic mass is 10.0. The SMILES string of the molecule is O=C1CCc2cc(NS(=O)(=O)CBr)ccc2N1. The molecule has 1 aliphatic rings. The highest BCUT2D eigenvalue weighted by Crippen LogP contribution is 2.26. The molecular formula is C10H11BrN2O3S. The Balaban J connectivity index is 2.26. The van der Waals surface area contributed by atoms with E-state index >= 15 is 0 Å². The summed E-state index contributed by atoms with van der Waals surface area (Å²) in [6.07, 6.45) is 1.06. The lowest BCUT2D eigenvalue weighted by Gasteiger charge is -2.17. The molecule has 0 unspecified atom stereocenters. The van der Waals surface area contributed by atoms with Crippen LogP contribution in [0.15, 0.2) is 18.2 Å². The first-order chi connectivity index (χ1) is 8.00. The second kappa shape index (κ2) is 4.66. The van der Waals surface area contributed by atoms with Crippen molar-refractivity contribution in [3.63, 3.8) is 0 Å². The molecule has 5 nitrogen and oxygen atoms in total. The first kappa shape index (κ1) is 12.4. The number of sulfonamides is 1. The van der Waals surface area contributed by atoms with Gasteiger partial charge in [-0.15, -0.1) is 0 Å². The third-order valence-electron chi connectivity index (χ3n) is 2.42. The fraction of sp³-hybridized carbons (Fsp3) is 0.300. The number of halogens is 1. The van der Waals surface area contributed by atoms with Gasteiger partial charge in [-0.05, 0) is 30.2 Å². The van der Waals surface area contributed by atoms with E-state index in [1.165, 1.54) is 0 Å². The van der Waals surface area contributed by atoms with Gasteiger partial charge >= 0.3 is 0 Å². The number of anilines is 2. The van der Waals surface area contributed by atoms with E-state index in [-0.39, 0.29) is 10.6 Å². The van der Waals surface area contributed by atoms with Crippen LogP contribution in [0.2, 0.25) is 0 Å². The first-order valence-corrected chi connectivity index (χ1v) is 7.77. The van der Waals surface area contributed by atoms with Gasteiger partial charge in [0.15, 0.2) is 0 Å². The van der Waals surface area contributed by atoms with E-state index < -0.39 is 10.0 Å². The van der Waals surface area contributed by atoms with Crippen molar-refractivity contribution in [2.24, 2.45) is 0 Å². The molecule has 0 fully saturated rings. The maximum absolute atomic E-state index is 11.4. The molecule has 1 aromatic rings. The van der Waals surface area contributed by atoms with Crippen LogP contribution < -0.4 is 10.0 Å². The zero-order valence-electron chi connectivity index (χ0n) is 8.86. The molecule has 0 spiro atoms. The van der Waals surface area contributed by atoms with Crippen molar-refractivity contribution in [3.8, 4) is 0 Å². The molecule has 92 valence electrons. The maximum Gasteiger partial charge on any atom is 0.242 e. The van der Waals surface area contributed by atoms with Gasteiger partial charge in [0.05, 0.1) is 0 Å². The number of fused-ring (bicyclic) bond motifs is 1. The molecule has 2 N–H and O–H groups in total. The molecule has 0 radical (unpaired) electrons. The zero-order chi connectivity index (χ0) is 12.5. The molecule has 1 aliphatic heterocycles. The van der Waals surface area contributed by atoms with Crippen molar-refractivity contribution in [2.45, 2.75) is 12.8 Å². The third-order valence-corrected chi connectivity index (χ3v) is 5.06. The Kier molecular flexibility index (Phi) is 3.39. The molecule has 0 aromatic heterocycles. The Morgan fingerprint density at radius 1 is 1.35 bits per heavy atom. The molecule has 1 heterocycles. The van der Waals surface area contributed by atoms with Gasteiger partial charge in [-0.1, -0.05) is 15.9 Å². The fourth-order valence-corrected chi connectivity index (χ4v) is 2.54. The minimum atomic E-state index is -3.33. The van der Waals surface area contributed by atoms with Gasteiger partial charge < -0.3 is 5.32 Å². The van der Waals surface area contributed by atoms with Crippen molar-refractivity contribution in [1.29, 1.82) is 0 Å². The van der Waals surface area contributed by atoms with Crippen molar-refractivity contribution in [3.05, 3.63) is 23.8 Å². The summed E-state index contributed by atoms with van der Waals surface area (Å²) in [5, 5.41) is 2.74. The van der Waals surface area contributed by atoms with Crippen LogP contribution in [-0.2, 0) is 21.2 Å². The van der Waals surface area contributed by atoms with Crippen molar-refractivity contribution in [1.82, 2.24) is 0 Å². The quantitative estimate of drug-likeness (QED) is 0.832. The smallest absolute Gasteiger partial charge is 0.242 e. The van der Waals surface area contributed by atoms with Crippen molar-refractivity contribution in [2.75, 3.05) is 14.7 Å². The van der Waals surface area contributed by atoms with Gasteiger partial charge in [-0.25, -0.2) is 8.42 Å². The standard InChI is InChI=1S/C10H11BrN2O3S/c11-6-17(15,16)13-8-2-3-9-7(5-8)1-4-10(14)12-9/h2-3,5,13H,1,4,6H2,(H,12,14). The van der Waals surface area contributed by atoms with Gasteiger partial charge in [-0.3, -0.25) is 9.52 Å². The number of rotatable bonds is 3. The van der Waals surface area contributed by atoms with E-state index in [1.54, 1.807) is 18.2 Å². The highest BCUT2D eigenvalue weighted by Gasteiger charge is 2.16. The highest BCUT2D eigenvalue weighted by molar-refractivity contribution is 9.10. The molecule has 17 heavy (non-hydrogen) atoms. The van der Waals surface area contributed by atoms with Crippen LogP contribution in [0.5, 0.6) is 0 Å². The summed E-state index contributed by atoms with van der Waals surface area (Å²) in [7, 11) is -3.33. The topological polar surface area (TPSA) is 75.3 Å². The van der Waals surface area contributed by atoms with E-state index in [2.05, 4.69) is 26.0 Å². The van der Waals surface area contributed by atoms with Crippen LogP contribution in [0.25, 0.3) is 0 Å². The summed E-state index contributed by atoms with van der Waals surface area (Å²) in [5.74, 6) is -0.00807. The van der Waals surface area contributed by atoms with E-state index in [4.69, 9.17) is 0 Å². The largest absolute Gasteiger partial charge is 0.326 e. The molecule has 0 bridgehead atoms. The number of nitrogens with one attached hydrogen (secondary N) is 2. The lowest BCUT2D eigenvalue weighted by Crippen LogP contribution is -2.19. The molecule has 1 amide bonds. The number of hydrogen-bond acceptors (Lipinski definition) is 3. The van der Waals surface area contributed by atoms with E-state index in [0.717, 1.165) is 11.3 Å². The van der Waals surface area contributed by atoms with Crippen LogP contribution >= 0.6 is 15.9 Å². The Hall–Kier alpha value is -1.08. The van der Waals surface area contributed by atoms with Gasteiger partial charge in [-0.2, -0.15) is 0 Å². The average molecular weight is 319 g/mol. The van der Waals surface area contributed by atoms with Crippen LogP contribution in [0.4, 0.5) is 11.4 Å². The summed E-state index contributed by atoms with van der Waals surface area (Å²) < 4.78 is 25.0. The summed E-state index contributed by atoms with van der Waals surface area (Å²) in [6.45, 7) is 0. The Bertz CT molecular complexity index is 557. The predicted octanol–water partition coefficient (Wildman–Crippen LogP) is 1.67. The molecule has 0 aliphatic carbocycles. The number of carbonyl (C=O) groups excluding carboxylic acids is 1. The van der Waals surface area contributed by atoms with Crippen LogP contribution in [0.1, 0.15) is 12.0 Å². The predicted molar refractivity (Wildman–Crippen MR) is 69.7 cm³/mol. The molecule has 1 aromatic carbocycles. The molecular weight excluding hydrogens is 308 g/mol. The number of benzene rings is 1. The second-order valence-electron chi connectivity index (χ2n) is 3.75. The highest BCUT2D eigenvalue weighted by atomic mass is 79.9. The average Bonchev–Trinajstić information content (AvgIpc) is 2.29. The minimum Gasteiger partial charge on any atom is -0.326 e. The summed E-state index contributed by atoms with van der Waals surface area (Å²) >= 11 is 2.90. The fourth-order valence-electron chi connectivity index (χ4n) is 1.65. The van der Waals surface area contributed by atoms with Crippen molar-refractivity contribution >= 4 is 43.2 Å². The van der Waals surface area contributed by atoms with Crippen LogP contribution in [0, 0.1) is 0 Å². The van der Waals surface area contributed by atoms with E-state index in [1.807, 2.05) is 0 Å². The van der Waals surface area contributed by atoms with Gasteiger partial charge in [0.25, 0.3) is 0 Å². The van der Waals surface area contributed by atoms with E-state index in [0.29, 0.717) is 18.5 Å². The number of hydrogen-bond donors (Lipinski definition) is 2. The number of carbonyl (C=O) groups is 1. The minimum absolute atomic E-state index is 0.00807. The molecule has 0 atom stereocenters. The van der Waals surface area contributed by atoms with Gasteiger partial charge in [0.1, 0.15) is 4.66 Å². The third kappa shape index (κ3) is 2.98. The van der Waals surface area contributed by atoms with Crippen molar-refractivity contribution < 1.29 is 13.2 Å². The number of alkyl halides is 1. The Morgan fingerprint density at radius 3 is 2.82 bits per heavy atom. The summed E-state index contributed by atoms with van der Waals surface area (Å²) in [5.41, 5.74) is 2.21. The molecule has 2 rings (SSSR count).